The monoisotopic (exact) mass is 349 g/mol. The Morgan fingerprint density at radius 2 is 2.08 bits per heavy atom. The summed E-state index contributed by atoms with van der Waals surface area (Å²) in [6.07, 6.45) is 2.44. The van der Waals surface area contributed by atoms with Gasteiger partial charge in [0, 0.05) is 0 Å². The molecule has 0 bridgehead atoms. The highest BCUT2D eigenvalue weighted by atomic mass is 32.1. The molecular formula is C17H23N3O3S. The fraction of sp³-hybridized carbons (Fsp3) is 0.471. The first kappa shape index (κ1) is 18.2. The molecule has 2 aromatic rings. The fourth-order valence-electron chi connectivity index (χ4n) is 2.10. The van der Waals surface area contributed by atoms with Crippen molar-refractivity contribution in [1.82, 2.24) is 14.9 Å². The van der Waals surface area contributed by atoms with E-state index in [1.54, 1.807) is 7.11 Å². The van der Waals surface area contributed by atoms with Crippen LogP contribution in [0.4, 0.5) is 0 Å². The Morgan fingerprint density at radius 1 is 1.29 bits per heavy atom. The second kappa shape index (κ2) is 8.63. The van der Waals surface area contributed by atoms with Crippen molar-refractivity contribution in [3.63, 3.8) is 0 Å². The van der Waals surface area contributed by atoms with Crippen molar-refractivity contribution in [3.8, 4) is 11.5 Å². The lowest BCUT2D eigenvalue weighted by atomic mass is 10.1. The van der Waals surface area contributed by atoms with E-state index in [9.17, 15) is 4.79 Å². The molecule has 0 saturated heterocycles. The average Bonchev–Trinajstić information content (AvgIpc) is 3.09. The predicted molar refractivity (Wildman–Crippen MR) is 93.7 cm³/mol. The summed E-state index contributed by atoms with van der Waals surface area (Å²) in [5.41, 5.74) is 0.939. The van der Waals surface area contributed by atoms with Gasteiger partial charge in [-0.15, -0.1) is 5.10 Å². The highest BCUT2D eigenvalue weighted by Crippen LogP contribution is 2.30. The number of nitrogens with one attached hydrogen (secondary N) is 1. The second-order valence-electron chi connectivity index (χ2n) is 5.92. The van der Waals surface area contributed by atoms with Crippen LogP contribution in [0.1, 0.15) is 48.5 Å². The minimum atomic E-state index is -0.186. The Hall–Kier alpha value is -2.15. The summed E-state index contributed by atoms with van der Waals surface area (Å²) in [6.45, 7) is 6.89. The summed E-state index contributed by atoms with van der Waals surface area (Å²) in [5.74, 6) is 1.78. The van der Waals surface area contributed by atoms with E-state index in [4.69, 9.17) is 9.47 Å². The smallest absolute Gasteiger partial charge is 0.265 e. The van der Waals surface area contributed by atoms with Crippen molar-refractivity contribution >= 4 is 17.4 Å². The van der Waals surface area contributed by atoms with E-state index < -0.39 is 0 Å². The molecule has 1 unspecified atom stereocenters. The zero-order valence-corrected chi connectivity index (χ0v) is 15.2. The lowest BCUT2D eigenvalue weighted by Gasteiger charge is -2.17. The molecule has 24 heavy (non-hydrogen) atoms. The normalized spacial score (nSPS) is 12.0. The largest absolute Gasteiger partial charge is 0.493 e. The number of aromatic nitrogens is 2. The van der Waals surface area contributed by atoms with Crippen LogP contribution in [0.15, 0.2) is 24.4 Å². The Labute approximate surface area is 146 Å². The summed E-state index contributed by atoms with van der Waals surface area (Å²) in [5, 5.41) is 6.60. The van der Waals surface area contributed by atoms with E-state index >= 15 is 0 Å². The van der Waals surface area contributed by atoms with Crippen molar-refractivity contribution in [2.75, 3.05) is 13.7 Å². The number of nitrogens with zero attached hydrogens (tertiary/aromatic N) is 2. The molecule has 1 heterocycles. The van der Waals surface area contributed by atoms with E-state index in [-0.39, 0.29) is 11.9 Å². The average molecular weight is 349 g/mol. The number of rotatable bonds is 8. The number of carbonyl (C=O) groups is 1. The van der Waals surface area contributed by atoms with Crippen LogP contribution in [0.3, 0.4) is 0 Å². The summed E-state index contributed by atoms with van der Waals surface area (Å²) < 4.78 is 14.9. The highest BCUT2D eigenvalue weighted by molar-refractivity contribution is 7.07. The van der Waals surface area contributed by atoms with Gasteiger partial charge in [0.1, 0.15) is 4.88 Å². The van der Waals surface area contributed by atoms with E-state index in [0.717, 1.165) is 23.5 Å². The maximum absolute atomic E-state index is 12.1. The highest BCUT2D eigenvalue weighted by Gasteiger charge is 2.15. The SMILES string of the molecule is COc1cc(C(C)NC(=O)c2cnns2)ccc1OCCC(C)C. The molecule has 1 aromatic heterocycles. The second-order valence-corrected chi connectivity index (χ2v) is 6.70. The number of hydrogen-bond donors (Lipinski definition) is 1. The molecule has 2 rings (SSSR count). The first-order chi connectivity index (χ1) is 11.5. The molecule has 0 spiro atoms. The molecule has 0 aliphatic heterocycles. The summed E-state index contributed by atoms with van der Waals surface area (Å²) in [7, 11) is 1.61. The summed E-state index contributed by atoms with van der Waals surface area (Å²) >= 11 is 1.07. The molecule has 0 saturated carbocycles. The minimum Gasteiger partial charge on any atom is -0.493 e. The lowest BCUT2D eigenvalue weighted by Crippen LogP contribution is -2.25. The van der Waals surface area contributed by atoms with Gasteiger partial charge in [-0.3, -0.25) is 4.79 Å². The molecule has 1 N–H and O–H groups in total. The van der Waals surface area contributed by atoms with Crippen LogP contribution in [0, 0.1) is 5.92 Å². The van der Waals surface area contributed by atoms with Crippen molar-refractivity contribution in [2.24, 2.45) is 5.92 Å². The van der Waals surface area contributed by atoms with Crippen LogP contribution < -0.4 is 14.8 Å². The zero-order chi connectivity index (χ0) is 17.5. The standard InChI is InChI=1S/C17H23N3O3S/c1-11(2)7-8-23-14-6-5-13(9-15(14)22-4)12(3)19-17(21)16-10-18-20-24-16/h5-6,9-12H,7-8H2,1-4H3,(H,19,21). The van der Waals surface area contributed by atoms with E-state index in [0.29, 0.717) is 28.9 Å². The number of ether oxygens (including phenoxy) is 2. The Kier molecular flexibility index (Phi) is 6.54. The quantitative estimate of drug-likeness (QED) is 0.790. The Bertz CT molecular complexity index is 659. The molecular weight excluding hydrogens is 326 g/mol. The third kappa shape index (κ3) is 4.92. The predicted octanol–water partition coefficient (Wildman–Crippen LogP) is 3.46. The molecule has 6 nitrogen and oxygen atoms in total. The number of amides is 1. The molecule has 1 atom stereocenters. The number of methoxy groups -OCH3 is 1. The van der Waals surface area contributed by atoms with Gasteiger partial charge in [-0.25, -0.2) is 0 Å². The van der Waals surface area contributed by atoms with Crippen LogP contribution >= 0.6 is 11.5 Å². The maximum Gasteiger partial charge on any atom is 0.265 e. The topological polar surface area (TPSA) is 73.3 Å². The molecule has 1 amide bonds. The van der Waals surface area contributed by atoms with Crippen molar-refractivity contribution in [3.05, 3.63) is 34.8 Å². The Balaban J connectivity index is 2.03. The van der Waals surface area contributed by atoms with Gasteiger partial charge in [0.15, 0.2) is 11.5 Å². The van der Waals surface area contributed by atoms with E-state index in [1.165, 1.54) is 6.20 Å². The van der Waals surface area contributed by atoms with Gasteiger partial charge in [-0.05, 0) is 48.5 Å². The van der Waals surface area contributed by atoms with Crippen molar-refractivity contribution < 1.29 is 14.3 Å². The molecule has 7 heteroatoms. The molecule has 0 aliphatic carbocycles. The first-order valence-electron chi connectivity index (χ1n) is 7.90. The third-order valence-corrected chi connectivity index (χ3v) is 4.24. The number of carbonyl (C=O) groups excluding carboxylic acids is 1. The maximum atomic E-state index is 12.1. The van der Waals surface area contributed by atoms with Gasteiger partial charge >= 0.3 is 0 Å². The molecule has 0 fully saturated rings. The van der Waals surface area contributed by atoms with E-state index in [2.05, 4.69) is 28.8 Å². The minimum absolute atomic E-state index is 0.168. The van der Waals surface area contributed by atoms with Gasteiger partial charge in [0.2, 0.25) is 0 Å². The Morgan fingerprint density at radius 3 is 2.71 bits per heavy atom. The van der Waals surface area contributed by atoms with Gasteiger partial charge < -0.3 is 14.8 Å². The summed E-state index contributed by atoms with van der Waals surface area (Å²) in [6, 6.07) is 5.54. The number of hydrogen-bond acceptors (Lipinski definition) is 6. The molecule has 130 valence electrons. The zero-order valence-electron chi connectivity index (χ0n) is 14.4. The van der Waals surface area contributed by atoms with Crippen LogP contribution in [-0.4, -0.2) is 29.2 Å². The molecule has 0 aliphatic rings. The molecule has 1 aromatic carbocycles. The van der Waals surface area contributed by atoms with Crippen LogP contribution in [0.25, 0.3) is 0 Å². The van der Waals surface area contributed by atoms with Gasteiger partial charge in [0.25, 0.3) is 5.91 Å². The summed E-state index contributed by atoms with van der Waals surface area (Å²) in [4.78, 5) is 12.6. The van der Waals surface area contributed by atoms with Crippen LogP contribution in [-0.2, 0) is 0 Å². The van der Waals surface area contributed by atoms with Gasteiger partial charge in [0.05, 0.1) is 26.0 Å². The fourth-order valence-corrected chi connectivity index (χ4v) is 2.51. The molecule has 0 radical (unpaired) electrons. The van der Waals surface area contributed by atoms with Gasteiger partial charge in [-0.2, -0.15) is 0 Å². The third-order valence-electron chi connectivity index (χ3n) is 3.57. The number of benzene rings is 1. The first-order valence-corrected chi connectivity index (χ1v) is 8.67. The van der Waals surface area contributed by atoms with Crippen LogP contribution in [0.2, 0.25) is 0 Å². The lowest BCUT2D eigenvalue weighted by molar-refractivity contribution is 0.0943. The van der Waals surface area contributed by atoms with Crippen LogP contribution in [0.5, 0.6) is 11.5 Å². The van der Waals surface area contributed by atoms with Gasteiger partial charge in [-0.1, -0.05) is 24.4 Å². The van der Waals surface area contributed by atoms with Crippen molar-refractivity contribution in [2.45, 2.75) is 33.2 Å². The van der Waals surface area contributed by atoms with Crippen molar-refractivity contribution in [1.29, 1.82) is 0 Å². The van der Waals surface area contributed by atoms with E-state index in [1.807, 2.05) is 25.1 Å².